The van der Waals surface area contributed by atoms with Gasteiger partial charge in [-0.25, -0.2) is 0 Å². The van der Waals surface area contributed by atoms with Gasteiger partial charge in [0, 0.05) is 11.3 Å². The van der Waals surface area contributed by atoms with E-state index < -0.39 is 0 Å². The SMILES string of the molecule is CCCCCCCCCCCC(=O)/C=C/c1ccc(SC)cc1. The Kier molecular flexibility index (Phi) is 11.7. The van der Waals surface area contributed by atoms with E-state index in [1.165, 1.54) is 56.3 Å². The van der Waals surface area contributed by atoms with E-state index in [0.717, 1.165) is 12.0 Å². The maximum atomic E-state index is 11.9. The maximum absolute atomic E-state index is 11.9. The first-order valence-corrected chi connectivity index (χ1v) is 10.3. The number of rotatable bonds is 13. The van der Waals surface area contributed by atoms with E-state index in [1.807, 2.05) is 6.08 Å². The van der Waals surface area contributed by atoms with Gasteiger partial charge in [0.05, 0.1) is 0 Å². The highest BCUT2D eigenvalue weighted by molar-refractivity contribution is 7.98. The molecule has 1 nitrogen and oxygen atoms in total. The summed E-state index contributed by atoms with van der Waals surface area (Å²) in [5, 5.41) is 0. The van der Waals surface area contributed by atoms with Gasteiger partial charge >= 0.3 is 0 Å². The summed E-state index contributed by atoms with van der Waals surface area (Å²) in [7, 11) is 0. The summed E-state index contributed by atoms with van der Waals surface area (Å²) < 4.78 is 0. The van der Waals surface area contributed by atoms with Crippen LogP contribution in [0.2, 0.25) is 0 Å². The first-order chi connectivity index (χ1) is 11.3. The van der Waals surface area contributed by atoms with Crippen LogP contribution in [0.4, 0.5) is 0 Å². The molecule has 0 aliphatic heterocycles. The van der Waals surface area contributed by atoms with Crippen molar-refractivity contribution >= 4 is 23.6 Å². The smallest absolute Gasteiger partial charge is 0.155 e. The van der Waals surface area contributed by atoms with Crippen molar-refractivity contribution in [2.24, 2.45) is 0 Å². The number of hydrogen-bond acceptors (Lipinski definition) is 2. The van der Waals surface area contributed by atoms with Gasteiger partial charge in [-0.1, -0.05) is 76.5 Å². The van der Waals surface area contributed by atoms with Crippen LogP contribution in [-0.4, -0.2) is 12.0 Å². The Morgan fingerprint density at radius 3 is 2.04 bits per heavy atom. The molecule has 0 radical (unpaired) electrons. The number of allylic oxidation sites excluding steroid dienone is 1. The fourth-order valence-corrected chi connectivity index (χ4v) is 3.01. The Morgan fingerprint density at radius 2 is 1.48 bits per heavy atom. The number of ketones is 1. The van der Waals surface area contributed by atoms with Gasteiger partial charge in [0.2, 0.25) is 0 Å². The molecule has 2 heteroatoms. The number of hydrogen-bond donors (Lipinski definition) is 0. The van der Waals surface area contributed by atoms with Gasteiger partial charge in [-0.15, -0.1) is 11.8 Å². The normalized spacial score (nSPS) is 11.2. The first kappa shape index (κ1) is 20.0. The molecule has 0 atom stereocenters. The monoisotopic (exact) mass is 332 g/mol. The highest BCUT2D eigenvalue weighted by Crippen LogP contribution is 2.16. The number of thioether (sulfide) groups is 1. The molecule has 0 saturated heterocycles. The van der Waals surface area contributed by atoms with Crippen molar-refractivity contribution in [3.63, 3.8) is 0 Å². The highest BCUT2D eigenvalue weighted by atomic mass is 32.2. The topological polar surface area (TPSA) is 17.1 Å². The van der Waals surface area contributed by atoms with E-state index in [2.05, 4.69) is 37.4 Å². The standard InChI is InChI=1S/C21H32OS/c1-3-4-5-6-7-8-9-10-11-12-20(22)16-13-19-14-17-21(23-2)18-15-19/h13-18H,3-12H2,1-2H3/b16-13+. The lowest BCUT2D eigenvalue weighted by atomic mass is 10.1. The van der Waals surface area contributed by atoms with Gasteiger partial charge in [0.15, 0.2) is 5.78 Å². The minimum Gasteiger partial charge on any atom is -0.295 e. The van der Waals surface area contributed by atoms with E-state index in [9.17, 15) is 4.79 Å². The molecule has 1 aromatic carbocycles. The second-order valence-electron chi connectivity index (χ2n) is 6.15. The van der Waals surface area contributed by atoms with Crippen LogP contribution in [0.5, 0.6) is 0 Å². The second-order valence-corrected chi connectivity index (χ2v) is 7.03. The van der Waals surface area contributed by atoms with E-state index in [0.29, 0.717) is 6.42 Å². The van der Waals surface area contributed by atoms with Crippen LogP contribution in [0.15, 0.2) is 35.2 Å². The molecule has 0 bridgehead atoms. The van der Waals surface area contributed by atoms with Crippen LogP contribution < -0.4 is 0 Å². The molecule has 0 amide bonds. The number of unbranched alkanes of at least 4 members (excludes halogenated alkanes) is 8. The Hall–Kier alpha value is -1.02. The summed E-state index contributed by atoms with van der Waals surface area (Å²) in [5.41, 5.74) is 1.10. The summed E-state index contributed by atoms with van der Waals surface area (Å²) in [6, 6.07) is 8.31. The lowest BCUT2D eigenvalue weighted by Crippen LogP contribution is -1.92. The predicted octanol–water partition coefficient (Wildman–Crippen LogP) is 6.91. The van der Waals surface area contributed by atoms with E-state index in [4.69, 9.17) is 0 Å². The zero-order valence-electron chi connectivity index (χ0n) is 14.9. The van der Waals surface area contributed by atoms with Gasteiger partial charge in [-0.05, 0) is 36.4 Å². The zero-order chi connectivity index (χ0) is 16.8. The zero-order valence-corrected chi connectivity index (χ0v) is 15.7. The minimum atomic E-state index is 0.252. The predicted molar refractivity (Wildman–Crippen MR) is 104 cm³/mol. The van der Waals surface area contributed by atoms with Gasteiger partial charge in [-0.2, -0.15) is 0 Å². The van der Waals surface area contributed by atoms with Gasteiger partial charge < -0.3 is 0 Å². The van der Waals surface area contributed by atoms with E-state index in [-0.39, 0.29) is 5.78 Å². The molecule has 23 heavy (non-hydrogen) atoms. The maximum Gasteiger partial charge on any atom is 0.155 e. The number of carbonyl (C=O) groups excluding carboxylic acids is 1. The van der Waals surface area contributed by atoms with Crippen molar-refractivity contribution in [1.82, 2.24) is 0 Å². The summed E-state index contributed by atoms with van der Waals surface area (Å²) in [5.74, 6) is 0.252. The molecule has 128 valence electrons. The Bertz CT molecular complexity index is 447. The summed E-state index contributed by atoms with van der Waals surface area (Å²) >= 11 is 1.73. The van der Waals surface area contributed by atoms with Crippen LogP contribution in [0, 0.1) is 0 Å². The van der Waals surface area contributed by atoms with Crippen LogP contribution >= 0.6 is 11.8 Å². The van der Waals surface area contributed by atoms with E-state index in [1.54, 1.807) is 17.8 Å². The molecule has 0 fully saturated rings. The van der Waals surface area contributed by atoms with Crippen LogP contribution in [0.3, 0.4) is 0 Å². The molecule has 0 unspecified atom stereocenters. The van der Waals surface area contributed by atoms with Crippen molar-refractivity contribution in [1.29, 1.82) is 0 Å². The third kappa shape index (κ3) is 10.4. The Balaban J connectivity index is 2.06. The summed E-state index contributed by atoms with van der Waals surface area (Å²) in [6.45, 7) is 2.25. The van der Waals surface area contributed by atoms with Crippen LogP contribution in [0.1, 0.15) is 76.7 Å². The number of benzene rings is 1. The molecule has 0 spiro atoms. The fraction of sp³-hybridized carbons (Fsp3) is 0.571. The fourth-order valence-electron chi connectivity index (χ4n) is 2.60. The molecule has 0 heterocycles. The van der Waals surface area contributed by atoms with Crippen LogP contribution in [-0.2, 0) is 4.79 Å². The molecule has 0 aromatic heterocycles. The number of carbonyl (C=O) groups is 1. The lowest BCUT2D eigenvalue weighted by Gasteiger charge is -2.01. The van der Waals surface area contributed by atoms with Crippen LogP contribution in [0.25, 0.3) is 6.08 Å². The first-order valence-electron chi connectivity index (χ1n) is 9.11. The largest absolute Gasteiger partial charge is 0.295 e. The van der Waals surface area contributed by atoms with Crippen molar-refractivity contribution in [2.45, 2.75) is 76.0 Å². The molecule has 0 N–H and O–H groups in total. The average molecular weight is 333 g/mol. The quantitative estimate of drug-likeness (QED) is 0.222. The van der Waals surface area contributed by atoms with Gasteiger partial charge in [-0.3, -0.25) is 4.79 Å². The minimum absolute atomic E-state index is 0.252. The molecule has 0 saturated carbocycles. The summed E-state index contributed by atoms with van der Waals surface area (Å²) in [4.78, 5) is 13.1. The third-order valence-corrected chi connectivity index (χ3v) is 4.85. The second kappa shape index (κ2) is 13.4. The Morgan fingerprint density at radius 1 is 0.913 bits per heavy atom. The highest BCUT2D eigenvalue weighted by Gasteiger charge is 1.98. The molecular weight excluding hydrogens is 300 g/mol. The van der Waals surface area contributed by atoms with Crippen molar-refractivity contribution in [2.75, 3.05) is 6.26 Å². The molecule has 0 aliphatic carbocycles. The lowest BCUT2D eigenvalue weighted by molar-refractivity contribution is -0.114. The Labute approximate surface area is 147 Å². The van der Waals surface area contributed by atoms with Gasteiger partial charge in [0.1, 0.15) is 0 Å². The third-order valence-electron chi connectivity index (χ3n) is 4.10. The van der Waals surface area contributed by atoms with Crippen molar-refractivity contribution in [3.8, 4) is 0 Å². The molecule has 0 aliphatic rings. The molecule has 1 aromatic rings. The van der Waals surface area contributed by atoms with Crippen molar-refractivity contribution in [3.05, 3.63) is 35.9 Å². The van der Waals surface area contributed by atoms with Gasteiger partial charge in [0.25, 0.3) is 0 Å². The van der Waals surface area contributed by atoms with Crippen molar-refractivity contribution < 1.29 is 4.79 Å². The van der Waals surface area contributed by atoms with E-state index >= 15 is 0 Å². The molecular formula is C21H32OS. The summed E-state index contributed by atoms with van der Waals surface area (Å²) in [6.07, 6.45) is 18.1. The molecule has 1 rings (SSSR count). The average Bonchev–Trinajstić information content (AvgIpc) is 2.59.